The second-order valence-electron chi connectivity index (χ2n) is 4.11. The molecule has 0 spiro atoms. The number of nitrogens with zero attached hydrogens (tertiary/aromatic N) is 1. The van der Waals surface area contributed by atoms with Gasteiger partial charge in [0.25, 0.3) is 0 Å². The summed E-state index contributed by atoms with van der Waals surface area (Å²) >= 11 is 0. The van der Waals surface area contributed by atoms with Gasteiger partial charge >= 0.3 is 0 Å². The Morgan fingerprint density at radius 1 is 1.39 bits per heavy atom. The number of nitrogens with one attached hydrogen (secondary N) is 2. The van der Waals surface area contributed by atoms with Crippen LogP contribution in [0.25, 0.3) is 0 Å². The first-order chi connectivity index (χ1) is 7.84. The molecule has 1 atom stereocenters. The Bertz CT molecular complexity index is 342. The molecule has 1 aliphatic rings. The summed E-state index contributed by atoms with van der Waals surface area (Å²) in [5, 5.41) is 6.26. The predicted octanol–water partition coefficient (Wildman–Crippen LogP) is 1.34. The molecule has 1 amide bonds. The van der Waals surface area contributed by atoms with E-state index in [9.17, 15) is 4.79 Å². The van der Waals surface area contributed by atoms with E-state index in [4.69, 9.17) is 0 Å². The Morgan fingerprint density at radius 2 is 2.11 bits per heavy atom. The first-order valence-electron chi connectivity index (χ1n) is 5.73. The van der Waals surface area contributed by atoms with E-state index in [0.29, 0.717) is 12.5 Å². The molecular formula is C12H19Cl2N3O. The van der Waals surface area contributed by atoms with Gasteiger partial charge in [0.1, 0.15) is 0 Å². The summed E-state index contributed by atoms with van der Waals surface area (Å²) < 4.78 is 0. The molecule has 18 heavy (non-hydrogen) atoms. The van der Waals surface area contributed by atoms with E-state index >= 15 is 0 Å². The summed E-state index contributed by atoms with van der Waals surface area (Å²) in [6, 6.07) is 4.22. The third kappa shape index (κ3) is 5.67. The van der Waals surface area contributed by atoms with Crippen LogP contribution in [0.5, 0.6) is 0 Å². The summed E-state index contributed by atoms with van der Waals surface area (Å²) in [6.45, 7) is 1.91. The Balaban J connectivity index is 0.00000144. The number of amides is 1. The maximum atomic E-state index is 11.6. The van der Waals surface area contributed by atoms with Gasteiger partial charge in [0.15, 0.2) is 0 Å². The van der Waals surface area contributed by atoms with E-state index in [-0.39, 0.29) is 30.7 Å². The lowest BCUT2D eigenvalue weighted by molar-refractivity contribution is -0.121. The first-order valence-corrected chi connectivity index (χ1v) is 5.73. The smallest absolute Gasteiger partial charge is 0.220 e. The molecule has 0 radical (unpaired) electrons. The SMILES string of the molecule is Cl.Cl.O=C(CCc1ccncc1)NC1CCNC1. The highest BCUT2D eigenvalue weighted by molar-refractivity contribution is 5.85. The largest absolute Gasteiger partial charge is 0.352 e. The Morgan fingerprint density at radius 3 is 2.72 bits per heavy atom. The molecular weight excluding hydrogens is 273 g/mol. The summed E-state index contributed by atoms with van der Waals surface area (Å²) in [4.78, 5) is 15.6. The van der Waals surface area contributed by atoms with E-state index in [1.807, 2.05) is 12.1 Å². The van der Waals surface area contributed by atoms with Gasteiger partial charge in [0.2, 0.25) is 5.91 Å². The summed E-state index contributed by atoms with van der Waals surface area (Å²) in [5.41, 5.74) is 1.16. The summed E-state index contributed by atoms with van der Waals surface area (Å²) in [7, 11) is 0. The molecule has 0 aromatic carbocycles. The lowest BCUT2D eigenvalue weighted by Gasteiger charge is -2.10. The molecule has 0 saturated carbocycles. The minimum atomic E-state index is 0. The number of hydrogen-bond donors (Lipinski definition) is 2. The number of halogens is 2. The maximum absolute atomic E-state index is 11.6. The van der Waals surface area contributed by atoms with E-state index in [2.05, 4.69) is 15.6 Å². The number of hydrogen-bond acceptors (Lipinski definition) is 3. The number of pyridine rings is 1. The van der Waals surface area contributed by atoms with Gasteiger partial charge in [-0.2, -0.15) is 0 Å². The van der Waals surface area contributed by atoms with Gasteiger partial charge in [-0.1, -0.05) is 0 Å². The molecule has 1 aliphatic heterocycles. The Kier molecular flexibility index (Phi) is 8.71. The molecule has 0 bridgehead atoms. The fourth-order valence-corrected chi connectivity index (χ4v) is 1.89. The summed E-state index contributed by atoms with van der Waals surface area (Å²) in [6.07, 6.45) is 5.90. The summed E-state index contributed by atoms with van der Waals surface area (Å²) in [5.74, 6) is 0.144. The van der Waals surface area contributed by atoms with Crippen LogP contribution in [0.3, 0.4) is 0 Å². The van der Waals surface area contributed by atoms with Gasteiger partial charge in [-0.05, 0) is 37.1 Å². The van der Waals surface area contributed by atoms with Crippen LogP contribution in [0, 0.1) is 0 Å². The zero-order chi connectivity index (χ0) is 11.2. The van der Waals surface area contributed by atoms with E-state index in [0.717, 1.165) is 31.5 Å². The molecule has 2 heterocycles. The molecule has 0 aliphatic carbocycles. The molecule has 1 aromatic rings. The van der Waals surface area contributed by atoms with Crippen LogP contribution in [0.1, 0.15) is 18.4 Å². The lowest BCUT2D eigenvalue weighted by Crippen LogP contribution is -2.36. The van der Waals surface area contributed by atoms with E-state index in [1.54, 1.807) is 12.4 Å². The minimum Gasteiger partial charge on any atom is -0.352 e. The highest BCUT2D eigenvalue weighted by Gasteiger charge is 2.16. The highest BCUT2D eigenvalue weighted by atomic mass is 35.5. The van der Waals surface area contributed by atoms with Crippen LogP contribution >= 0.6 is 24.8 Å². The van der Waals surface area contributed by atoms with Gasteiger partial charge in [0, 0.05) is 31.4 Å². The van der Waals surface area contributed by atoms with Crippen molar-refractivity contribution in [2.24, 2.45) is 0 Å². The fourth-order valence-electron chi connectivity index (χ4n) is 1.89. The molecule has 1 unspecified atom stereocenters. The molecule has 1 fully saturated rings. The third-order valence-corrected chi connectivity index (χ3v) is 2.82. The van der Waals surface area contributed by atoms with Crippen molar-refractivity contribution < 1.29 is 4.79 Å². The van der Waals surface area contributed by atoms with Crippen LogP contribution < -0.4 is 10.6 Å². The van der Waals surface area contributed by atoms with Crippen molar-refractivity contribution in [3.05, 3.63) is 30.1 Å². The maximum Gasteiger partial charge on any atom is 0.220 e. The average molecular weight is 292 g/mol. The minimum absolute atomic E-state index is 0. The number of aromatic nitrogens is 1. The predicted molar refractivity (Wildman–Crippen MR) is 76.5 cm³/mol. The van der Waals surface area contributed by atoms with Crippen LogP contribution in [-0.4, -0.2) is 30.0 Å². The van der Waals surface area contributed by atoms with Crippen molar-refractivity contribution >= 4 is 30.7 Å². The zero-order valence-electron chi connectivity index (χ0n) is 10.1. The molecule has 102 valence electrons. The Hall–Kier alpha value is -0.840. The monoisotopic (exact) mass is 291 g/mol. The third-order valence-electron chi connectivity index (χ3n) is 2.82. The standard InChI is InChI=1S/C12H17N3O.2ClH/c16-12(15-11-5-8-14-9-11)2-1-10-3-6-13-7-4-10;;/h3-4,6-7,11,14H,1-2,5,8-9H2,(H,15,16);2*1H. The van der Waals surface area contributed by atoms with Crippen LogP contribution in [-0.2, 0) is 11.2 Å². The molecule has 1 aromatic heterocycles. The lowest BCUT2D eigenvalue weighted by atomic mass is 10.1. The quantitative estimate of drug-likeness (QED) is 0.880. The normalized spacial score (nSPS) is 17.4. The topological polar surface area (TPSA) is 54.0 Å². The molecule has 6 heteroatoms. The van der Waals surface area contributed by atoms with Crippen molar-refractivity contribution in [1.82, 2.24) is 15.6 Å². The number of carbonyl (C=O) groups is 1. The van der Waals surface area contributed by atoms with Crippen molar-refractivity contribution in [1.29, 1.82) is 0 Å². The average Bonchev–Trinajstić information content (AvgIpc) is 2.81. The van der Waals surface area contributed by atoms with Gasteiger partial charge in [-0.3, -0.25) is 9.78 Å². The first kappa shape index (κ1) is 17.2. The number of rotatable bonds is 4. The zero-order valence-corrected chi connectivity index (χ0v) is 11.7. The van der Waals surface area contributed by atoms with Crippen LogP contribution in [0.4, 0.5) is 0 Å². The van der Waals surface area contributed by atoms with Crippen molar-refractivity contribution in [2.75, 3.05) is 13.1 Å². The fraction of sp³-hybridized carbons (Fsp3) is 0.500. The second-order valence-corrected chi connectivity index (χ2v) is 4.11. The van der Waals surface area contributed by atoms with Gasteiger partial charge < -0.3 is 10.6 Å². The highest BCUT2D eigenvalue weighted by Crippen LogP contribution is 2.02. The molecule has 4 nitrogen and oxygen atoms in total. The van der Waals surface area contributed by atoms with Gasteiger partial charge in [0.05, 0.1) is 0 Å². The molecule has 2 N–H and O–H groups in total. The van der Waals surface area contributed by atoms with Crippen LogP contribution in [0.2, 0.25) is 0 Å². The molecule has 1 saturated heterocycles. The van der Waals surface area contributed by atoms with E-state index < -0.39 is 0 Å². The van der Waals surface area contributed by atoms with Crippen molar-refractivity contribution in [2.45, 2.75) is 25.3 Å². The van der Waals surface area contributed by atoms with Crippen molar-refractivity contribution in [3.63, 3.8) is 0 Å². The van der Waals surface area contributed by atoms with Gasteiger partial charge in [-0.25, -0.2) is 0 Å². The number of carbonyl (C=O) groups excluding carboxylic acids is 1. The number of aryl methyl sites for hydroxylation is 1. The second kappa shape index (κ2) is 9.14. The van der Waals surface area contributed by atoms with Crippen molar-refractivity contribution in [3.8, 4) is 0 Å². The van der Waals surface area contributed by atoms with Crippen LogP contribution in [0.15, 0.2) is 24.5 Å². The van der Waals surface area contributed by atoms with Gasteiger partial charge in [-0.15, -0.1) is 24.8 Å². The molecule has 2 rings (SSSR count). The van der Waals surface area contributed by atoms with E-state index in [1.165, 1.54) is 0 Å². The Labute approximate surface area is 120 Å².